The third-order valence-corrected chi connectivity index (χ3v) is 3.14. The Morgan fingerprint density at radius 3 is 2.07 bits per heavy atom. The van der Waals surface area contributed by atoms with Crippen LogP contribution in [0.3, 0.4) is 0 Å². The van der Waals surface area contributed by atoms with Crippen LogP contribution >= 0.6 is 0 Å². The van der Waals surface area contributed by atoms with E-state index in [9.17, 15) is 9.59 Å². The number of rotatable bonds is 7. The molecular weight excluding hydrogens is 196 g/mol. The minimum atomic E-state index is -0.864. The lowest BCUT2D eigenvalue weighted by Crippen LogP contribution is -2.26. The van der Waals surface area contributed by atoms with Gasteiger partial charge in [0.1, 0.15) is 0 Å². The molecule has 88 valence electrons. The second kappa shape index (κ2) is 5.73. The lowest BCUT2D eigenvalue weighted by molar-refractivity contribution is -0.141. The van der Waals surface area contributed by atoms with E-state index in [1.54, 1.807) is 0 Å². The van der Waals surface area contributed by atoms with Crippen LogP contribution in [0.25, 0.3) is 0 Å². The number of aliphatic carboxylic acids is 2. The number of carboxylic acids is 2. The molecule has 0 rings (SSSR count). The molecule has 0 amide bonds. The highest BCUT2D eigenvalue weighted by Crippen LogP contribution is 2.35. The second-order valence-corrected chi connectivity index (χ2v) is 4.57. The molecule has 1 atom stereocenters. The van der Waals surface area contributed by atoms with Gasteiger partial charge in [-0.25, -0.2) is 0 Å². The zero-order valence-corrected chi connectivity index (χ0v) is 9.62. The highest BCUT2D eigenvalue weighted by molar-refractivity contribution is 5.68. The van der Waals surface area contributed by atoms with Crippen LogP contribution in [0.5, 0.6) is 0 Å². The maximum Gasteiger partial charge on any atom is 0.303 e. The molecule has 0 aromatic carbocycles. The predicted octanol–water partition coefficient (Wildman–Crippen LogP) is 2.38. The minimum absolute atomic E-state index is 0.0430. The second-order valence-electron chi connectivity index (χ2n) is 4.57. The van der Waals surface area contributed by atoms with Crippen molar-refractivity contribution in [2.75, 3.05) is 0 Å². The molecule has 4 nitrogen and oxygen atoms in total. The molecule has 0 aliphatic carbocycles. The van der Waals surface area contributed by atoms with E-state index in [0.717, 1.165) is 6.42 Å². The monoisotopic (exact) mass is 216 g/mol. The quantitative estimate of drug-likeness (QED) is 0.685. The highest BCUT2D eigenvalue weighted by Gasteiger charge is 2.29. The first-order chi connectivity index (χ1) is 6.79. The molecule has 4 heteroatoms. The Kier molecular flexibility index (Phi) is 5.33. The Balaban J connectivity index is 4.43. The van der Waals surface area contributed by atoms with E-state index in [2.05, 4.69) is 0 Å². The Hall–Kier alpha value is -1.06. The van der Waals surface area contributed by atoms with Crippen molar-refractivity contribution in [3.8, 4) is 0 Å². The molecule has 0 aliphatic rings. The number of hydrogen-bond donors (Lipinski definition) is 2. The molecule has 15 heavy (non-hydrogen) atoms. The molecule has 0 aliphatic heterocycles. The Bertz CT molecular complexity index is 233. The van der Waals surface area contributed by atoms with Crippen molar-refractivity contribution < 1.29 is 19.8 Å². The molecule has 0 spiro atoms. The van der Waals surface area contributed by atoms with Crippen LogP contribution in [-0.4, -0.2) is 22.2 Å². The van der Waals surface area contributed by atoms with E-state index in [0.29, 0.717) is 6.42 Å². The highest BCUT2D eigenvalue weighted by atomic mass is 16.4. The first-order valence-electron chi connectivity index (χ1n) is 5.23. The molecular formula is C11H20O4. The SMILES string of the molecule is CCC(C)(C)C(CCC(=O)O)CC(=O)O. The van der Waals surface area contributed by atoms with Crippen LogP contribution < -0.4 is 0 Å². The van der Waals surface area contributed by atoms with Crippen LogP contribution in [0.1, 0.15) is 46.5 Å². The van der Waals surface area contributed by atoms with Gasteiger partial charge in [-0.3, -0.25) is 9.59 Å². The Morgan fingerprint density at radius 1 is 1.20 bits per heavy atom. The van der Waals surface area contributed by atoms with Crippen molar-refractivity contribution in [2.24, 2.45) is 11.3 Å². The summed E-state index contributed by atoms with van der Waals surface area (Å²) in [7, 11) is 0. The van der Waals surface area contributed by atoms with E-state index < -0.39 is 11.9 Å². The molecule has 1 unspecified atom stereocenters. The van der Waals surface area contributed by atoms with E-state index in [1.165, 1.54) is 0 Å². The van der Waals surface area contributed by atoms with Crippen LogP contribution in [-0.2, 0) is 9.59 Å². The molecule has 0 fully saturated rings. The van der Waals surface area contributed by atoms with Gasteiger partial charge in [-0.2, -0.15) is 0 Å². The summed E-state index contributed by atoms with van der Waals surface area (Å²) in [4.78, 5) is 21.1. The maximum absolute atomic E-state index is 10.7. The van der Waals surface area contributed by atoms with Gasteiger partial charge in [-0.05, 0) is 17.8 Å². The van der Waals surface area contributed by atoms with Gasteiger partial charge in [0, 0.05) is 12.8 Å². The lowest BCUT2D eigenvalue weighted by atomic mass is 9.73. The Morgan fingerprint density at radius 2 is 1.73 bits per heavy atom. The summed E-state index contributed by atoms with van der Waals surface area (Å²) in [5, 5.41) is 17.3. The zero-order chi connectivity index (χ0) is 12.1. The smallest absolute Gasteiger partial charge is 0.303 e. The molecule has 0 bridgehead atoms. The summed E-state index contributed by atoms with van der Waals surface area (Å²) in [5.41, 5.74) is -0.117. The summed E-state index contributed by atoms with van der Waals surface area (Å²) in [6.45, 7) is 5.97. The standard InChI is InChI=1S/C11H20O4/c1-4-11(2,3)8(7-10(14)15)5-6-9(12)13/h8H,4-7H2,1-3H3,(H,12,13)(H,14,15). The van der Waals surface area contributed by atoms with Crippen molar-refractivity contribution in [1.29, 1.82) is 0 Å². The predicted molar refractivity (Wildman–Crippen MR) is 56.7 cm³/mol. The van der Waals surface area contributed by atoms with Crippen LogP contribution in [0.15, 0.2) is 0 Å². The third-order valence-electron chi connectivity index (χ3n) is 3.14. The maximum atomic E-state index is 10.7. The molecule has 0 heterocycles. The van der Waals surface area contributed by atoms with Crippen molar-refractivity contribution in [1.82, 2.24) is 0 Å². The number of carbonyl (C=O) groups is 2. The number of hydrogen-bond acceptors (Lipinski definition) is 2. The van der Waals surface area contributed by atoms with Gasteiger partial charge in [-0.1, -0.05) is 27.2 Å². The van der Waals surface area contributed by atoms with E-state index in [4.69, 9.17) is 10.2 Å². The average molecular weight is 216 g/mol. The van der Waals surface area contributed by atoms with Gasteiger partial charge in [0.25, 0.3) is 0 Å². The molecule has 0 radical (unpaired) electrons. The van der Waals surface area contributed by atoms with E-state index >= 15 is 0 Å². The summed E-state index contributed by atoms with van der Waals surface area (Å²) in [6, 6.07) is 0. The van der Waals surface area contributed by atoms with Gasteiger partial charge in [0.15, 0.2) is 0 Å². The summed E-state index contributed by atoms with van der Waals surface area (Å²) in [5.74, 6) is -1.79. The normalized spacial score (nSPS) is 13.5. The van der Waals surface area contributed by atoms with E-state index in [1.807, 2.05) is 20.8 Å². The van der Waals surface area contributed by atoms with Gasteiger partial charge in [-0.15, -0.1) is 0 Å². The fourth-order valence-corrected chi connectivity index (χ4v) is 1.57. The van der Waals surface area contributed by atoms with Gasteiger partial charge in [0.05, 0.1) is 0 Å². The first kappa shape index (κ1) is 13.9. The Labute approximate surface area is 90.3 Å². The lowest BCUT2D eigenvalue weighted by Gasteiger charge is -2.32. The van der Waals surface area contributed by atoms with Crippen molar-refractivity contribution in [3.63, 3.8) is 0 Å². The molecule has 0 saturated carbocycles. The van der Waals surface area contributed by atoms with Crippen molar-refractivity contribution in [2.45, 2.75) is 46.5 Å². The van der Waals surface area contributed by atoms with Gasteiger partial charge < -0.3 is 10.2 Å². The summed E-state index contributed by atoms with van der Waals surface area (Å²) < 4.78 is 0. The average Bonchev–Trinajstić information content (AvgIpc) is 2.11. The molecule has 2 N–H and O–H groups in total. The van der Waals surface area contributed by atoms with E-state index in [-0.39, 0.29) is 24.2 Å². The topological polar surface area (TPSA) is 74.6 Å². The zero-order valence-electron chi connectivity index (χ0n) is 9.62. The van der Waals surface area contributed by atoms with Crippen LogP contribution in [0, 0.1) is 11.3 Å². The fourth-order valence-electron chi connectivity index (χ4n) is 1.57. The minimum Gasteiger partial charge on any atom is -0.481 e. The largest absolute Gasteiger partial charge is 0.481 e. The number of carboxylic acid groups (broad SMARTS) is 2. The molecule has 0 saturated heterocycles. The fraction of sp³-hybridized carbons (Fsp3) is 0.818. The van der Waals surface area contributed by atoms with Gasteiger partial charge in [0.2, 0.25) is 0 Å². The summed E-state index contributed by atoms with van der Waals surface area (Å²) in [6.07, 6.45) is 1.38. The van der Waals surface area contributed by atoms with Gasteiger partial charge >= 0.3 is 11.9 Å². The van der Waals surface area contributed by atoms with Crippen LogP contribution in [0.2, 0.25) is 0 Å². The van der Waals surface area contributed by atoms with Crippen molar-refractivity contribution in [3.05, 3.63) is 0 Å². The first-order valence-corrected chi connectivity index (χ1v) is 5.23. The van der Waals surface area contributed by atoms with Crippen molar-refractivity contribution >= 4 is 11.9 Å². The molecule has 0 aromatic rings. The molecule has 0 aromatic heterocycles. The summed E-state index contributed by atoms with van der Waals surface area (Å²) >= 11 is 0. The third kappa shape index (κ3) is 5.40. The van der Waals surface area contributed by atoms with Crippen LogP contribution in [0.4, 0.5) is 0 Å².